The smallest absolute Gasteiger partial charge is 0.337 e. The quantitative estimate of drug-likeness (QED) is 0.495. The third-order valence-electron chi connectivity index (χ3n) is 5.69. The van der Waals surface area contributed by atoms with Gasteiger partial charge in [0, 0.05) is 25.7 Å². The van der Waals surface area contributed by atoms with E-state index in [2.05, 4.69) is 25.0 Å². The van der Waals surface area contributed by atoms with Crippen LogP contribution in [0.15, 0.2) is 29.4 Å². The van der Waals surface area contributed by atoms with Crippen molar-refractivity contribution in [3.63, 3.8) is 0 Å². The van der Waals surface area contributed by atoms with Crippen molar-refractivity contribution >= 4 is 29.6 Å². The maximum atomic E-state index is 12.7. The van der Waals surface area contributed by atoms with E-state index < -0.39 is 0 Å². The van der Waals surface area contributed by atoms with Crippen molar-refractivity contribution in [3.05, 3.63) is 35.4 Å². The lowest BCUT2D eigenvalue weighted by Gasteiger charge is -2.28. The van der Waals surface area contributed by atoms with E-state index in [1.807, 2.05) is 19.1 Å². The van der Waals surface area contributed by atoms with Crippen molar-refractivity contribution in [3.8, 4) is 0 Å². The Hall–Kier alpha value is -2.55. The number of nitrogens with one attached hydrogen (secondary N) is 1. The van der Waals surface area contributed by atoms with Gasteiger partial charge in [-0.05, 0) is 56.7 Å². The van der Waals surface area contributed by atoms with Crippen LogP contribution in [-0.2, 0) is 16.1 Å². The molecule has 1 saturated carbocycles. The Kier molecular flexibility index (Phi) is 6.80. The van der Waals surface area contributed by atoms with E-state index in [1.165, 1.54) is 38.1 Å². The molecule has 0 spiro atoms. The summed E-state index contributed by atoms with van der Waals surface area (Å²) in [6, 6.07) is 7.49. The van der Waals surface area contributed by atoms with Crippen LogP contribution < -0.4 is 10.2 Å². The standard InChI is InChI=1S/C22H29N5O3S/c1-15(19(28)23-14-16-6-8-17(9-7-16)20(29)30-2)31-22-25-24-21(27(22)18-10-11-18)26-12-4-3-5-13-26/h6-9,15,18H,3-5,10-14H2,1-2H3,(H,23,28). The highest BCUT2D eigenvalue weighted by atomic mass is 32.2. The Morgan fingerprint density at radius 1 is 1.16 bits per heavy atom. The maximum Gasteiger partial charge on any atom is 0.337 e. The molecule has 1 atom stereocenters. The highest BCUT2D eigenvalue weighted by Crippen LogP contribution is 2.42. The Labute approximate surface area is 186 Å². The number of methoxy groups -OCH3 is 1. The van der Waals surface area contributed by atoms with E-state index in [1.54, 1.807) is 12.1 Å². The second-order valence-electron chi connectivity index (χ2n) is 8.10. The third kappa shape index (κ3) is 5.20. The molecule has 2 heterocycles. The first-order valence-electron chi connectivity index (χ1n) is 10.9. The van der Waals surface area contributed by atoms with Gasteiger partial charge in [-0.15, -0.1) is 10.2 Å². The Morgan fingerprint density at radius 2 is 1.87 bits per heavy atom. The van der Waals surface area contributed by atoms with Crippen molar-refractivity contribution in [2.45, 2.75) is 62.0 Å². The minimum Gasteiger partial charge on any atom is -0.465 e. The average molecular weight is 444 g/mol. The molecule has 9 heteroatoms. The molecule has 2 aliphatic rings. The molecule has 1 N–H and O–H groups in total. The van der Waals surface area contributed by atoms with E-state index in [-0.39, 0.29) is 17.1 Å². The number of carbonyl (C=O) groups excluding carboxylic acids is 2. The van der Waals surface area contributed by atoms with E-state index >= 15 is 0 Å². The molecule has 2 aromatic rings. The monoisotopic (exact) mass is 443 g/mol. The van der Waals surface area contributed by atoms with Crippen LogP contribution in [0.4, 0.5) is 5.95 Å². The lowest BCUT2D eigenvalue weighted by Crippen LogP contribution is -2.32. The molecule has 31 heavy (non-hydrogen) atoms. The number of esters is 1. The molecule has 4 rings (SSSR count). The van der Waals surface area contributed by atoms with Gasteiger partial charge in [-0.3, -0.25) is 9.36 Å². The molecule has 1 aliphatic heterocycles. The van der Waals surface area contributed by atoms with Crippen LogP contribution in [0.3, 0.4) is 0 Å². The Morgan fingerprint density at radius 3 is 2.52 bits per heavy atom. The number of thioether (sulfide) groups is 1. The number of amides is 1. The van der Waals surface area contributed by atoms with Gasteiger partial charge in [0.05, 0.1) is 17.9 Å². The zero-order valence-electron chi connectivity index (χ0n) is 18.0. The van der Waals surface area contributed by atoms with Gasteiger partial charge in [0.2, 0.25) is 11.9 Å². The molecule has 1 saturated heterocycles. The molecule has 8 nitrogen and oxygen atoms in total. The molecule has 1 aliphatic carbocycles. The molecule has 166 valence electrons. The number of hydrogen-bond acceptors (Lipinski definition) is 7. The summed E-state index contributed by atoms with van der Waals surface area (Å²) >= 11 is 1.47. The van der Waals surface area contributed by atoms with Gasteiger partial charge in [0.15, 0.2) is 5.16 Å². The van der Waals surface area contributed by atoms with Crippen molar-refractivity contribution in [1.29, 1.82) is 0 Å². The highest BCUT2D eigenvalue weighted by molar-refractivity contribution is 8.00. The lowest BCUT2D eigenvalue weighted by atomic mass is 10.1. The fourth-order valence-corrected chi connectivity index (χ4v) is 4.67. The van der Waals surface area contributed by atoms with Crippen molar-refractivity contribution in [1.82, 2.24) is 20.1 Å². The summed E-state index contributed by atoms with van der Waals surface area (Å²) in [6.45, 7) is 4.35. The number of rotatable bonds is 8. The number of ether oxygens (including phenoxy) is 1. The molecule has 0 radical (unpaired) electrons. The fourth-order valence-electron chi connectivity index (χ4n) is 3.73. The third-order valence-corrected chi connectivity index (χ3v) is 6.75. The minimum atomic E-state index is -0.371. The second kappa shape index (κ2) is 9.72. The molecule has 1 amide bonds. The largest absolute Gasteiger partial charge is 0.465 e. The summed E-state index contributed by atoms with van der Waals surface area (Å²) < 4.78 is 6.95. The maximum absolute atomic E-state index is 12.7. The van der Waals surface area contributed by atoms with E-state index in [4.69, 9.17) is 4.74 Å². The van der Waals surface area contributed by atoms with Gasteiger partial charge >= 0.3 is 5.97 Å². The first kappa shape index (κ1) is 21.7. The summed E-state index contributed by atoms with van der Waals surface area (Å²) in [7, 11) is 1.36. The van der Waals surface area contributed by atoms with E-state index in [0.717, 1.165) is 42.6 Å². The predicted molar refractivity (Wildman–Crippen MR) is 119 cm³/mol. The van der Waals surface area contributed by atoms with Crippen LogP contribution in [0.25, 0.3) is 0 Å². The van der Waals surface area contributed by atoms with E-state index in [0.29, 0.717) is 18.2 Å². The molecular formula is C22H29N5O3S. The molecule has 1 unspecified atom stereocenters. The van der Waals surface area contributed by atoms with Crippen molar-refractivity contribution in [2.24, 2.45) is 0 Å². The molecule has 1 aromatic heterocycles. The molecular weight excluding hydrogens is 414 g/mol. The van der Waals surface area contributed by atoms with Crippen molar-refractivity contribution < 1.29 is 14.3 Å². The van der Waals surface area contributed by atoms with Crippen molar-refractivity contribution in [2.75, 3.05) is 25.1 Å². The number of piperidine rings is 1. The molecule has 0 bridgehead atoms. The minimum absolute atomic E-state index is 0.0492. The van der Waals surface area contributed by atoms with Gasteiger partial charge in [-0.25, -0.2) is 4.79 Å². The number of nitrogens with zero attached hydrogens (tertiary/aromatic N) is 4. The van der Waals surface area contributed by atoms with Gasteiger partial charge in [-0.1, -0.05) is 23.9 Å². The number of aromatic nitrogens is 3. The van der Waals surface area contributed by atoms with Crippen LogP contribution in [0.2, 0.25) is 0 Å². The zero-order valence-corrected chi connectivity index (χ0v) is 18.9. The summed E-state index contributed by atoms with van der Waals surface area (Å²) in [6.07, 6.45) is 5.96. The number of benzene rings is 1. The highest BCUT2D eigenvalue weighted by Gasteiger charge is 2.33. The SMILES string of the molecule is COC(=O)c1ccc(CNC(=O)C(C)Sc2nnc(N3CCCCC3)n2C2CC2)cc1. The molecule has 2 fully saturated rings. The van der Waals surface area contributed by atoms with Crippen LogP contribution in [0, 0.1) is 0 Å². The van der Waals surface area contributed by atoms with Gasteiger partial charge in [0.1, 0.15) is 0 Å². The summed E-state index contributed by atoms with van der Waals surface area (Å²) in [5, 5.41) is 12.4. The van der Waals surface area contributed by atoms with Crippen LogP contribution >= 0.6 is 11.8 Å². The lowest BCUT2D eigenvalue weighted by molar-refractivity contribution is -0.120. The van der Waals surface area contributed by atoms with Crippen LogP contribution in [0.5, 0.6) is 0 Å². The first-order valence-corrected chi connectivity index (χ1v) is 11.8. The van der Waals surface area contributed by atoms with Crippen LogP contribution in [0.1, 0.15) is 61.0 Å². The first-order chi connectivity index (χ1) is 15.1. The normalized spacial score (nSPS) is 17.3. The van der Waals surface area contributed by atoms with Gasteiger partial charge < -0.3 is 15.0 Å². The zero-order chi connectivity index (χ0) is 21.8. The topological polar surface area (TPSA) is 89.3 Å². The number of hydrogen-bond donors (Lipinski definition) is 1. The Balaban J connectivity index is 1.35. The predicted octanol–water partition coefficient (Wildman–Crippen LogP) is 3.19. The summed E-state index contributed by atoms with van der Waals surface area (Å²) in [4.78, 5) is 26.5. The number of anilines is 1. The van der Waals surface area contributed by atoms with Gasteiger partial charge in [0.25, 0.3) is 0 Å². The number of carbonyl (C=O) groups is 2. The molecule has 1 aromatic carbocycles. The fraction of sp³-hybridized carbons (Fsp3) is 0.545. The summed E-state index contributed by atoms with van der Waals surface area (Å²) in [5.74, 6) is 0.541. The van der Waals surface area contributed by atoms with Gasteiger partial charge in [-0.2, -0.15) is 0 Å². The van der Waals surface area contributed by atoms with E-state index in [9.17, 15) is 9.59 Å². The summed E-state index contributed by atoms with van der Waals surface area (Å²) in [5.41, 5.74) is 1.41. The second-order valence-corrected chi connectivity index (χ2v) is 9.41. The van der Waals surface area contributed by atoms with Crippen LogP contribution in [-0.4, -0.2) is 52.1 Å². The Bertz CT molecular complexity index is 920. The average Bonchev–Trinajstić information content (AvgIpc) is 3.57.